The van der Waals surface area contributed by atoms with Crippen LogP contribution in [-0.2, 0) is 11.3 Å². The maximum Gasteiger partial charge on any atom is 0.352 e. The number of hydrogen-bond donors (Lipinski definition) is 1. The highest BCUT2D eigenvalue weighted by Crippen LogP contribution is 1.92. The molecular weight excluding hydrogens is 282 g/mol. The van der Waals surface area contributed by atoms with E-state index in [0.717, 1.165) is 9.30 Å². The van der Waals surface area contributed by atoms with Gasteiger partial charge >= 0.3 is 11.7 Å². The van der Waals surface area contributed by atoms with E-state index in [1.165, 1.54) is 19.3 Å². The third kappa shape index (κ3) is 3.09. The van der Waals surface area contributed by atoms with Gasteiger partial charge in [-0.05, 0) is 19.1 Å². The number of nitrogens with zero attached hydrogens (tertiary/aromatic N) is 2. The van der Waals surface area contributed by atoms with Gasteiger partial charge in [0.2, 0.25) is 0 Å². The normalized spacial score (nSPS) is 10.2. The molecule has 7 nitrogen and oxygen atoms in total. The number of aromatic amines is 1. The first-order valence-corrected chi connectivity index (χ1v) is 6.07. The number of carbonyl (C=O) groups excluding carboxylic acids is 1. The lowest BCUT2D eigenvalue weighted by molar-refractivity contribution is -0.145. The van der Waals surface area contributed by atoms with Crippen LogP contribution in [0.2, 0.25) is 0 Å². The van der Waals surface area contributed by atoms with E-state index in [-0.39, 0.29) is 6.54 Å². The number of aromatic nitrogens is 3. The molecule has 104 valence electrons. The molecule has 0 aliphatic rings. The highest BCUT2D eigenvalue weighted by Gasteiger charge is 2.09. The Hall–Kier alpha value is -2.48. The Labute approximate surface area is 118 Å². The van der Waals surface area contributed by atoms with Gasteiger partial charge in [0.1, 0.15) is 11.2 Å². The Kier molecular flexibility index (Phi) is 3.94. The zero-order chi connectivity index (χ0) is 14.7. The predicted octanol–water partition coefficient (Wildman–Crippen LogP) is 0.0314. The molecule has 0 saturated carbocycles. The second-order valence-electron chi connectivity index (χ2n) is 4.03. The molecule has 2 aromatic heterocycles. The molecule has 2 heterocycles. The molecule has 0 unspecified atom stereocenters. The van der Waals surface area contributed by atoms with Crippen molar-refractivity contribution in [2.75, 3.05) is 0 Å². The second-order valence-corrected chi connectivity index (χ2v) is 4.45. The molecule has 0 spiro atoms. The number of rotatable bonds is 3. The first kappa shape index (κ1) is 13.9. The van der Waals surface area contributed by atoms with Gasteiger partial charge in [0.15, 0.2) is 0 Å². The van der Waals surface area contributed by atoms with Crippen molar-refractivity contribution in [3.63, 3.8) is 0 Å². The van der Waals surface area contributed by atoms with Crippen molar-refractivity contribution in [3.8, 4) is 0 Å². The van der Waals surface area contributed by atoms with Gasteiger partial charge in [0, 0.05) is 18.0 Å². The lowest BCUT2D eigenvalue weighted by Gasteiger charge is -2.08. The lowest BCUT2D eigenvalue weighted by atomic mass is 10.4. The fraction of sp³-hybridized carbons (Fsp3) is 0.167. The average molecular weight is 293 g/mol. The molecule has 0 radical (unpaired) electrons. The molecule has 0 fully saturated rings. The van der Waals surface area contributed by atoms with Crippen LogP contribution in [0.15, 0.2) is 40.2 Å². The van der Waals surface area contributed by atoms with Crippen molar-refractivity contribution in [1.29, 1.82) is 0 Å². The average Bonchev–Trinajstić information content (AvgIpc) is 2.39. The van der Waals surface area contributed by atoms with Crippen molar-refractivity contribution in [3.05, 3.63) is 61.6 Å². The summed E-state index contributed by atoms with van der Waals surface area (Å²) in [6, 6.07) is 4.96. The van der Waals surface area contributed by atoms with Gasteiger partial charge in [-0.3, -0.25) is 14.3 Å². The van der Waals surface area contributed by atoms with Crippen LogP contribution in [0, 0.1) is 11.6 Å². The van der Waals surface area contributed by atoms with Crippen molar-refractivity contribution in [2.24, 2.45) is 0 Å². The zero-order valence-corrected chi connectivity index (χ0v) is 11.3. The number of nitrogens with one attached hydrogen (secondary N) is 1. The summed E-state index contributed by atoms with van der Waals surface area (Å²) in [6.07, 6.45) is 2.79. The van der Waals surface area contributed by atoms with Gasteiger partial charge in [0.25, 0.3) is 5.56 Å². The van der Waals surface area contributed by atoms with Crippen LogP contribution in [0.25, 0.3) is 0 Å². The summed E-state index contributed by atoms with van der Waals surface area (Å²) < 4.78 is 2.51. The third-order valence-corrected chi connectivity index (χ3v) is 2.79. The monoisotopic (exact) mass is 293 g/mol. The summed E-state index contributed by atoms with van der Waals surface area (Å²) in [4.78, 5) is 41.6. The molecule has 0 atom stereocenters. The molecule has 0 aliphatic carbocycles. The molecule has 2 rings (SSSR count). The Bertz CT molecular complexity index is 818. The molecule has 2 aromatic rings. The van der Waals surface area contributed by atoms with E-state index in [4.69, 9.17) is 17.1 Å². The predicted molar refractivity (Wildman–Crippen MR) is 72.9 cm³/mol. The van der Waals surface area contributed by atoms with Gasteiger partial charge in [0.05, 0.1) is 0 Å². The van der Waals surface area contributed by atoms with E-state index >= 15 is 0 Å². The van der Waals surface area contributed by atoms with Crippen molar-refractivity contribution < 1.29 is 9.63 Å². The fourth-order valence-electron chi connectivity index (χ4n) is 1.50. The summed E-state index contributed by atoms with van der Waals surface area (Å²) in [5, 5.41) is 0. The lowest BCUT2D eigenvalue weighted by Crippen LogP contribution is -2.35. The van der Waals surface area contributed by atoms with Crippen molar-refractivity contribution >= 4 is 18.2 Å². The molecule has 0 amide bonds. The van der Waals surface area contributed by atoms with E-state index in [1.54, 1.807) is 18.2 Å². The van der Waals surface area contributed by atoms with Crippen LogP contribution >= 0.6 is 12.2 Å². The minimum atomic E-state index is -0.680. The maximum absolute atomic E-state index is 11.7. The summed E-state index contributed by atoms with van der Waals surface area (Å²) in [7, 11) is 0. The zero-order valence-electron chi connectivity index (χ0n) is 10.5. The van der Waals surface area contributed by atoms with Crippen molar-refractivity contribution in [1.82, 2.24) is 14.3 Å². The Morgan fingerprint density at radius 1 is 1.40 bits per heavy atom. The Balaban J connectivity index is 2.19. The molecule has 0 bridgehead atoms. The number of H-pyrrole nitrogens is 1. The standard InChI is InChI=1S/C12H11N3O4S/c1-8-6-14(12(18)13-11(8)17)7-10(16)19-15-5-3-2-4-9(15)20/h2-6H,7H2,1H3,(H,13,17,18). The first-order valence-electron chi connectivity index (χ1n) is 5.66. The highest BCUT2D eigenvalue weighted by atomic mass is 32.1. The van der Waals surface area contributed by atoms with Crippen LogP contribution in [0.4, 0.5) is 0 Å². The van der Waals surface area contributed by atoms with Gasteiger partial charge in [-0.25, -0.2) is 9.59 Å². The van der Waals surface area contributed by atoms with Gasteiger partial charge in [-0.2, -0.15) is 4.73 Å². The number of hydrogen-bond acceptors (Lipinski definition) is 5. The summed E-state index contributed by atoms with van der Waals surface area (Å²) in [5.41, 5.74) is -0.826. The molecule has 20 heavy (non-hydrogen) atoms. The molecule has 8 heteroatoms. The molecule has 1 N–H and O–H groups in total. The Morgan fingerprint density at radius 2 is 2.15 bits per heavy atom. The third-order valence-electron chi connectivity index (χ3n) is 2.48. The number of aryl methyl sites for hydroxylation is 1. The molecule has 0 aromatic carbocycles. The molecular formula is C12H11N3O4S. The largest absolute Gasteiger partial charge is 0.352 e. The second kappa shape index (κ2) is 5.66. The summed E-state index contributed by atoms with van der Waals surface area (Å²) in [6.45, 7) is 1.21. The fourth-order valence-corrected chi connectivity index (χ4v) is 1.68. The SMILES string of the molecule is Cc1cn(CC(=O)On2ccccc2=S)c(=O)[nH]c1=O. The summed E-state index contributed by atoms with van der Waals surface area (Å²) in [5.74, 6) is -0.680. The van der Waals surface area contributed by atoms with Crippen molar-refractivity contribution in [2.45, 2.75) is 13.5 Å². The van der Waals surface area contributed by atoms with Crippen LogP contribution in [0.5, 0.6) is 0 Å². The number of pyridine rings is 1. The summed E-state index contributed by atoms with van der Waals surface area (Å²) >= 11 is 4.97. The van der Waals surface area contributed by atoms with Crippen LogP contribution in [0.1, 0.15) is 5.56 Å². The van der Waals surface area contributed by atoms with E-state index in [2.05, 4.69) is 4.98 Å². The number of carbonyl (C=O) groups is 1. The van der Waals surface area contributed by atoms with Gasteiger partial charge in [-0.1, -0.05) is 18.3 Å². The van der Waals surface area contributed by atoms with E-state index in [0.29, 0.717) is 10.2 Å². The first-order chi connectivity index (χ1) is 9.47. The minimum Gasteiger partial charge on any atom is -0.334 e. The minimum absolute atomic E-state index is 0.325. The van der Waals surface area contributed by atoms with Crippen LogP contribution in [-0.4, -0.2) is 20.3 Å². The van der Waals surface area contributed by atoms with E-state index in [9.17, 15) is 14.4 Å². The quantitative estimate of drug-likeness (QED) is 0.807. The van der Waals surface area contributed by atoms with Gasteiger partial charge < -0.3 is 4.84 Å². The van der Waals surface area contributed by atoms with E-state index in [1.807, 2.05) is 0 Å². The topological polar surface area (TPSA) is 86.1 Å². The maximum atomic E-state index is 11.7. The van der Waals surface area contributed by atoms with Crippen LogP contribution in [0.3, 0.4) is 0 Å². The molecule has 0 aliphatic heterocycles. The highest BCUT2D eigenvalue weighted by molar-refractivity contribution is 7.71. The Morgan fingerprint density at radius 3 is 2.85 bits per heavy atom. The van der Waals surface area contributed by atoms with Crippen LogP contribution < -0.4 is 16.1 Å². The smallest absolute Gasteiger partial charge is 0.334 e. The molecule has 0 saturated heterocycles. The van der Waals surface area contributed by atoms with E-state index < -0.39 is 17.2 Å². The van der Waals surface area contributed by atoms with Gasteiger partial charge in [-0.15, -0.1) is 0 Å².